The van der Waals surface area contributed by atoms with Crippen molar-refractivity contribution in [1.82, 2.24) is 0 Å². The monoisotopic (exact) mass is 123 g/mol. The zero-order chi connectivity index (χ0) is 4.62. The maximum Gasteiger partial charge on any atom is 0.0355 e. The first-order valence-electron chi connectivity index (χ1n) is 1.57. The topological polar surface area (TPSA) is 40.1 Å². The zero-order valence-corrected chi connectivity index (χ0v) is 4.80. The van der Waals surface area contributed by atoms with Crippen LogP contribution in [0, 0.1) is 0 Å². The Morgan fingerprint density at radius 2 is 2.00 bits per heavy atom. The third-order valence-corrected chi connectivity index (χ3v) is 5.18. The lowest BCUT2D eigenvalue weighted by Crippen LogP contribution is -2.12. The SMILES string of the molecule is O=P1([O-])CSC1. The van der Waals surface area contributed by atoms with Gasteiger partial charge < -0.3 is 9.46 Å². The van der Waals surface area contributed by atoms with E-state index in [0.29, 0.717) is 11.0 Å². The van der Waals surface area contributed by atoms with Gasteiger partial charge in [0.2, 0.25) is 0 Å². The molecule has 0 radical (unpaired) electrons. The van der Waals surface area contributed by atoms with Crippen LogP contribution in [0.15, 0.2) is 0 Å². The van der Waals surface area contributed by atoms with Gasteiger partial charge in [0, 0.05) is 18.4 Å². The summed E-state index contributed by atoms with van der Waals surface area (Å²) in [6.07, 6.45) is 0. The van der Waals surface area contributed by atoms with E-state index in [0.717, 1.165) is 0 Å². The van der Waals surface area contributed by atoms with Gasteiger partial charge in [-0.3, -0.25) is 0 Å². The van der Waals surface area contributed by atoms with Crippen LogP contribution in [0.5, 0.6) is 0 Å². The Morgan fingerprint density at radius 1 is 1.67 bits per heavy atom. The van der Waals surface area contributed by atoms with Gasteiger partial charge in [-0.15, -0.1) is 11.8 Å². The van der Waals surface area contributed by atoms with E-state index in [-0.39, 0.29) is 0 Å². The minimum atomic E-state index is -2.75. The maximum absolute atomic E-state index is 10.1. The summed E-state index contributed by atoms with van der Waals surface area (Å²) < 4.78 is 10.1. The van der Waals surface area contributed by atoms with E-state index in [2.05, 4.69) is 0 Å². The largest absolute Gasteiger partial charge is 0.798 e. The van der Waals surface area contributed by atoms with Gasteiger partial charge >= 0.3 is 0 Å². The first kappa shape index (κ1) is 4.69. The van der Waals surface area contributed by atoms with Gasteiger partial charge in [0.05, 0.1) is 0 Å². The Bertz CT molecular complexity index is 93.7. The van der Waals surface area contributed by atoms with Gasteiger partial charge in [-0.05, 0) is 0 Å². The van der Waals surface area contributed by atoms with Crippen molar-refractivity contribution in [3.05, 3.63) is 0 Å². The molecule has 0 bridgehead atoms. The Morgan fingerprint density at radius 3 is 2.00 bits per heavy atom. The van der Waals surface area contributed by atoms with Crippen molar-refractivity contribution in [3.8, 4) is 0 Å². The van der Waals surface area contributed by atoms with Crippen LogP contribution < -0.4 is 4.89 Å². The van der Waals surface area contributed by atoms with Gasteiger partial charge in [0.25, 0.3) is 0 Å². The second-order valence-corrected chi connectivity index (χ2v) is 5.38. The molecule has 2 nitrogen and oxygen atoms in total. The first-order chi connectivity index (χ1) is 2.71. The molecule has 1 aliphatic rings. The van der Waals surface area contributed by atoms with Crippen LogP contribution in [0.4, 0.5) is 0 Å². The third kappa shape index (κ3) is 0.780. The molecule has 4 heteroatoms. The molecule has 0 aromatic carbocycles. The van der Waals surface area contributed by atoms with Crippen molar-refractivity contribution in [2.24, 2.45) is 0 Å². The van der Waals surface area contributed by atoms with Gasteiger partial charge in [-0.1, -0.05) is 0 Å². The molecule has 1 saturated heterocycles. The first-order valence-corrected chi connectivity index (χ1v) is 4.72. The van der Waals surface area contributed by atoms with E-state index in [4.69, 9.17) is 0 Å². The van der Waals surface area contributed by atoms with Crippen molar-refractivity contribution in [2.75, 3.05) is 11.0 Å². The van der Waals surface area contributed by atoms with Crippen molar-refractivity contribution in [3.63, 3.8) is 0 Å². The van der Waals surface area contributed by atoms with Gasteiger partial charge in [0.15, 0.2) is 0 Å². The summed E-state index contributed by atoms with van der Waals surface area (Å²) in [6.45, 7) is 0. The van der Waals surface area contributed by atoms with E-state index in [1.54, 1.807) is 0 Å². The molecule has 1 rings (SSSR count). The summed E-state index contributed by atoms with van der Waals surface area (Å²) in [7, 11) is -2.75. The van der Waals surface area contributed by atoms with Crippen LogP contribution in [0.2, 0.25) is 0 Å². The quantitative estimate of drug-likeness (QED) is 0.434. The number of rotatable bonds is 0. The lowest BCUT2D eigenvalue weighted by molar-refractivity contribution is -0.173. The van der Waals surface area contributed by atoms with Crippen molar-refractivity contribution in [2.45, 2.75) is 0 Å². The Balaban J connectivity index is 2.53. The molecule has 36 valence electrons. The standard InChI is InChI=1S/C2H5O2PS/c3-5(4)1-6-2-5/h1-2H2,(H,3,4)/p-1. The third-order valence-electron chi connectivity index (χ3n) is 0.576. The highest BCUT2D eigenvalue weighted by Gasteiger charge is 2.16. The highest BCUT2D eigenvalue weighted by molar-refractivity contribution is 8.16. The summed E-state index contributed by atoms with van der Waals surface area (Å²) in [4.78, 5) is 10.1. The fraction of sp³-hybridized carbons (Fsp3) is 1.00. The van der Waals surface area contributed by atoms with E-state index < -0.39 is 7.37 Å². The lowest BCUT2D eigenvalue weighted by atomic mass is 11.8. The molecule has 0 amide bonds. The predicted octanol–water partition coefficient (Wildman–Crippen LogP) is 0.287. The molecule has 1 aliphatic heterocycles. The molecule has 0 saturated carbocycles. The molecule has 0 N–H and O–H groups in total. The highest BCUT2D eigenvalue weighted by Crippen LogP contribution is 2.53. The minimum Gasteiger partial charge on any atom is -0.798 e. The molecule has 0 atom stereocenters. The molecule has 1 fully saturated rings. The van der Waals surface area contributed by atoms with Gasteiger partial charge in [-0.2, -0.15) is 0 Å². The lowest BCUT2D eigenvalue weighted by Gasteiger charge is -2.30. The molecule has 1 heterocycles. The normalized spacial score (nSPS) is 28.8. The number of hydrogen-bond acceptors (Lipinski definition) is 3. The van der Waals surface area contributed by atoms with Crippen molar-refractivity contribution in [1.29, 1.82) is 0 Å². The minimum absolute atomic E-state index is 0.368. The van der Waals surface area contributed by atoms with Crippen LogP contribution in [-0.2, 0) is 4.57 Å². The van der Waals surface area contributed by atoms with E-state index in [9.17, 15) is 9.46 Å². The van der Waals surface area contributed by atoms with Crippen molar-refractivity contribution >= 4 is 19.1 Å². The fourth-order valence-electron chi connectivity index (χ4n) is 0.240. The second kappa shape index (κ2) is 1.25. The highest BCUT2D eigenvalue weighted by atomic mass is 32.2. The Kier molecular flexibility index (Phi) is 0.981. The van der Waals surface area contributed by atoms with Crippen molar-refractivity contribution < 1.29 is 9.46 Å². The molecule has 0 spiro atoms. The molecule has 0 aliphatic carbocycles. The average Bonchev–Trinajstić information content (AvgIpc) is 1.32. The van der Waals surface area contributed by atoms with E-state index >= 15 is 0 Å². The molecule has 6 heavy (non-hydrogen) atoms. The molecular weight excluding hydrogens is 119 g/mol. The fourth-order valence-corrected chi connectivity index (χ4v) is 2.16. The Hall–Kier alpha value is 0.540. The maximum atomic E-state index is 10.1. The van der Waals surface area contributed by atoms with Crippen LogP contribution >= 0.6 is 19.1 Å². The molecule has 0 aromatic rings. The van der Waals surface area contributed by atoms with Gasteiger partial charge in [-0.25, -0.2) is 0 Å². The van der Waals surface area contributed by atoms with Crippen LogP contribution in [0.3, 0.4) is 0 Å². The smallest absolute Gasteiger partial charge is 0.0355 e. The summed E-state index contributed by atoms with van der Waals surface area (Å²) >= 11 is 1.47. The van der Waals surface area contributed by atoms with E-state index in [1.807, 2.05) is 0 Å². The number of hydrogen-bond donors (Lipinski definition) is 0. The van der Waals surface area contributed by atoms with Crippen LogP contribution in [0.25, 0.3) is 0 Å². The summed E-state index contributed by atoms with van der Waals surface area (Å²) in [6, 6.07) is 0. The Labute approximate surface area is 40.4 Å². The molecule has 0 unspecified atom stereocenters. The molecular formula is C2H4O2PS-. The van der Waals surface area contributed by atoms with E-state index in [1.165, 1.54) is 11.8 Å². The zero-order valence-electron chi connectivity index (χ0n) is 3.09. The van der Waals surface area contributed by atoms with Crippen LogP contribution in [-0.4, -0.2) is 11.0 Å². The summed E-state index contributed by atoms with van der Waals surface area (Å²) in [5.74, 6) is 0. The summed E-state index contributed by atoms with van der Waals surface area (Å²) in [5.41, 5.74) is 0.736. The number of thioether (sulfide) groups is 1. The van der Waals surface area contributed by atoms with Gasteiger partial charge in [0.1, 0.15) is 0 Å². The molecule has 0 aromatic heterocycles. The second-order valence-electron chi connectivity index (χ2n) is 1.28. The predicted molar refractivity (Wildman–Crippen MR) is 24.9 cm³/mol. The average molecular weight is 123 g/mol. The summed E-state index contributed by atoms with van der Waals surface area (Å²) in [5, 5.41) is 0. The van der Waals surface area contributed by atoms with Crippen LogP contribution in [0.1, 0.15) is 0 Å².